The monoisotopic (exact) mass is 795 g/mol. The Kier molecular flexibility index (Phi) is 10.2. The third kappa shape index (κ3) is 7.13. The molecule has 5 heteroatoms. The largest absolute Gasteiger partial charge is 0.501 e. The van der Waals surface area contributed by atoms with Crippen LogP contribution in [-0.2, 0) is 20.1 Å². The average Bonchev–Trinajstić information content (AvgIpc) is 3.44. The van der Waals surface area contributed by atoms with Crippen LogP contribution in [0.15, 0.2) is 120 Å². The second-order valence-electron chi connectivity index (χ2n) is 12.8. The van der Waals surface area contributed by atoms with Gasteiger partial charge in [0, 0.05) is 37.9 Å². The summed E-state index contributed by atoms with van der Waals surface area (Å²) in [6, 6.07) is 41.8. The molecule has 0 aliphatic carbocycles. The Hall–Kier alpha value is -4.15. The van der Waals surface area contributed by atoms with Gasteiger partial charge in [-0.2, -0.15) is 0 Å². The second-order valence-corrected chi connectivity index (χ2v) is 17.9. The number of furan rings is 1. The molecular weight excluding hydrogens is 757 g/mol. The molecule has 0 unspecified atom stereocenters. The van der Waals surface area contributed by atoms with Crippen LogP contribution in [0.4, 0.5) is 0 Å². The zero-order valence-corrected chi connectivity index (χ0v) is 30.6. The van der Waals surface area contributed by atoms with Gasteiger partial charge in [-0.1, -0.05) is 99.0 Å². The van der Waals surface area contributed by atoms with Gasteiger partial charge >= 0.3 is 0 Å². The molecule has 0 amide bonds. The SMILES string of the molecule is C[Si](C)(C)c1ccc(-c2[c-]cccc2)nc1.Cc1cnc(-c2[c-]ccc3c2oc2ccc(-c4ccccc4)cc23)cc1C(C)C.[Ir]. The first kappa shape index (κ1) is 33.2. The van der Waals surface area contributed by atoms with Crippen molar-refractivity contribution >= 4 is 35.2 Å². The smallest absolute Gasteiger partial charge is 0.120 e. The zero-order valence-electron chi connectivity index (χ0n) is 27.2. The summed E-state index contributed by atoms with van der Waals surface area (Å²) in [5, 5.41) is 3.61. The topological polar surface area (TPSA) is 38.9 Å². The Balaban J connectivity index is 0.000000209. The molecule has 0 saturated heterocycles. The fraction of sp³-hybridized carbons (Fsp3) is 0.171. The van der Waals surface area contributed by atoms with Crippen LogP contribution in [0, 0.1) is 19.1 Å². The third-order valence-corrected chi connectivity index (χ3v) is 10.2. The molecule has 0 saturated carbocycles. The summed E-state index contributed by atoms with van der Waals surface area (Å²) < 4.78 is 6.29. The summed E-state index contributed by atoms with van der Waals surface area (Å²) in [6.07, 6.45) is 3.97. The summed E-state index contributed by atoms with van der Waals surface area (Å²) >= 11 is 0. The van der Waals surface area contributed by atoms with Gasteiger partial charge in [-0.25, -0.2) is 0 Å². The first-order chi connectivity index (χ1) is 21.7. The molecule has 0 spiro atoms. The molecule has 0 N–H and O–H groups in total. The van der Waals surface area contributed by atoms with E-state index in [4.69, 9.17) is 4.42 Å². The Labute approximate surface area is 287 Å². The molecule has 0 bridgehead atoms. The Morgan fingerprint density at radius 1 is 0.696 bits per heavy atom. The molecule has 0 aliphatic heterocycles. The van der Waals surface area contributed by atoms with Crippen LogP contribution in [0.5, 0.6) is 0 Å². The molecule has 0 fully saturated rings. The van der Waals surface area contributed by atoms with Gasteiger partial charge in [0.05, 0.1) is 13.7 Å². The Bertz CT molecular complexity index is 2060. The third-order valence-electron chi connectivity index (χ3n) is 8.18. The maximum Gasteiger partial charge on any atom is 0.120 e. The average molecular weight is 795 g/mol. The van der Waals surface area contributed by atoms with E-state index in [0.29, 0.717) is 5.92 Å². The van der Waals surface area contributed by atoms with Gasteiger partial charge in [-0.15, -0.1) is 54.1 Å². The van der Waals surface area contributed by atoms with Crippen LogP contribution in [0.1, 0.15) is 30.9 Å². The van der Waals surface area contributed by atoms with Crippen LogP contribution in [0.25, 0.3) is 55.6 Å². The van der Waals surface area contributed by atoms with Gasteiger partial charge in [0.2, 0.25) is 0 Å². The molecule has 7 rings (SSSR count). The van der Waals surface area contributed by atoms with E-state index in [9.17, 15) is 0 Å². The second kappa shape index (κ2) is 14.1. The summed E-state index contributed by atoms with van der Waals surface area (Å²) in [6.45, 7) is 13.5. The van der Waals surface area contributed by atoms with Gasteiger partial charge in [-0.05, 0) is 63.8 Å². The summed E-state index contributed by atoms with van der Waals surface area (Å²) in [4.78, 5) is 9.20. The molecular formula is C41H38IrN2OSi-2. The van der Waals surface area contributed by atoms with Crippen molar-refractivity contribution in [3.05, 3.63) is 139 Å². The van der Waals surface area contributed by atoms with E-state index < -0.39 is 8.07 Å². The number of benzene rings is 4. The first-order valence-electron chi connectivity index (χ1n) is 15.5. The van der Waals surface area contributed by atoms with Crippen molar-refractivity contribution in [2.45, 2.75) is 46.3 Å². The molecule has 7 aromatic rings. The van der Waals surface area contributed by atoms with E-state index in [0.717, 1.165) is 44.5 Å². The van der Waals surface area contributed by atoms with Crippen molar-refractivity contribution in [1.29, 1.82) is 0 Å². The summed E-state index contributed by atoms with van der Waals surface area (Å²) in [5.74, 6) is 0.444. The molecule has 0 atom stereocenters. The predicted molar refractivity (Wildman–Crippen MR) is 192 cm³/mol. The maximum atomic E-state index is 6.29. The van der Waals surface area contributed by atoms with Crippen molar-refractivity contribution in [3.63, 3.8) is 0 Å². The molecule has 233 valence electrons. The minimum absolute atomic E-state index is 0. The van der Waals surface area contributed by atoms with Crippen LogP contribution in [-0.4, -0.2) is 18.0 Å². The van der Waals surface area contributed by atoms with Gasteiger partial charge in [0.15, 0.2) is 0 Å². The maximum absolute atomic E-state index is 6.29. The number of pyridine rings is 2. The number of fused-ring (bicyclic) bond motifs is 3. The summed E-state index contributed by atoms with van der Waals surface area (Å²) in [5.41, 5.74) is 10.5. The van der Waals surface area contributed by atoms with Crippen LogP contribution in [0.3, 0.4) is 0 Å². The van der Waals surface area contributed by atoms with Crippen LogP contribution >= 0.6 is 0 Å². The van der Waals surface area contributed by atoms with Gasteiger partial charge in [0.1, 0.15) is 5.58 Å². The molecule has 3 nitrogen and oxygen atoms in total. The zero-order chi connectivity index (χ0) is 31.6. The van der Waals surface area contributed by atoms with Crippen molar-refractivity contribution < 1.29 is 24.5 Å². The van der Waals surface area contributed by atoms with E-state index in [1.807, 2.05) is 48.8 Å². The standard InChI is InChI=1S/C27H22NO.C14H16NSi.Ir/c1-17(2)23-15-25(28-16-18(23)3)22-11-7-10-21-24-14-20(19-8-5-4-6-9-19)12-13-26(24)29-27(21)22;1-16(2,3)13-9-10-14(15-11-13)12-7-5-4-6-8-12;/h4-10,12-17H,1-3H3;4-7,9-11H,1-3H3;/q2*-1;. The van der Waals surface area contributed by atoms with Gasteiger partial charge in [-0.3, -0.25) is 0 Å². The van der Waals surface area contributed by atoms with Crippen LogP contribution in [0.2, 0.25) is 19.6 Å². The van der Waals surface area contributed by atoms with Gasteiger partial charge in [0.25, 0.3) is 0 Å². The number of hydrogen-bond acceptors (Lipinski definition) is 3. The van der Waals surface area contributed by atoms with E-state index in [1.165, 1.54) is 27.4 Å². The quantitative estimate of drug-likeness (QED) is 0.129. The normalized spacial score (nSPS) is 11.3. The van der Waals surface area contributed by atoms with E-state index in [2.05, 4.69) is 129 Å². The molecule has 3 aromatic heterocycles. The number of nitrogens with zero attached hydrogens (tertiary/aromatic N) is 2. The molecule has 1 radical (unpaired) electrons. The Morgan fingerprint density at radius 3 is 2.13 bits per heavy atom. The van der Waals surface area contributed by atoms with Crippen molar-refractivity contribution in [2.75, 3.05) is 0 Å². The minimum Gasteiger partial charge on any atom is -0.501 e. The van der Waals surface area contributed by atoms with E-state index in [1.54, 1.807) is 0 Å². The predicted octanol–water partition coefficient (Wildman–Crippen LogP) is 10.6. The van der Waals surface area contributed by atoms with Gasteiger partial charge < -0.3 is 14.4 Å². The molecule has 0 aliphatic rings. The van der Waals surface area contributed by atoms with E-state index in [-0.39, 0.29) is 20.1 Å². The molecule has 46 heavy (non-hydrogen) atoms. The molecule has 3 heterocycles. The molecule has 4 aromatic carbocycles. The first-order valence-corrected chi connectivity index (χ1v) is 19.0. The number of aryl methyl sites for hydroxylation is 1. The Morgan fingerprint density at radius 2 is 1.46 bits per heavy atom. The number of rotatable bonds is 5. The minimum atomic E-state index is -1.23. The van der Waals surface area contributed by atoms with Crippen molar-refractivity contribution in [2.24, 2.45) is 0 Å². The van der Waals surface area contributed by atoms with Crippen molar-refractivity contribution in [3.8, 4) is 33.6 Å². The summed E-state index contributed by atoms with van der Waals surface area (Å²) in [7, 11) is -1.23. The van der Waals surface area contributed by atoms with Crippen LogP contribution < -0.4 is 5.19 Å². The van der Waals surface area contributed by atoms with E-state index >= 15 is 0 Å². The number of hydrogen-bond donors (Lipinski definition) is 0. The number of aromatic nitrogens is 2. The fourth-order valence-corrected chi connectivity index (χ4v) is 6.62. The fourth-order valence-electron chi connectivity index (χ4n) is 5.59. The van der Waals surface area contributed by atoms with Crippen molar-refractivity contribution in [1.82, 2.24) is 9.97 Å².